The van der Waals surface area contributed by atoms with Crippen molar-refractivity contribution in [3.8, 4) is 0 Å². The van der Waals surface area contributed by atoms with Crippen molar-refractivity contribution in [2.45, 2.75) is 19.4 Å². The number of carboxylic acid groups (broad SMARTS) is 1. The molecule has 27 heavy (non-hydrogen) atoms. The van der Waals surface area contributed by atoms with Gasteiger partial charge in [-0.15, -0.1) is 0 Å². The van der Waals surface area contributed by atoms with E-state index in [1.807, 2.05) is 12.1 Å². The van der Waals surface area contributed by atoms with E-state index in [-0.39, 0.29) is 41.1 Å². The van der Waals surface area contributed by atoms with Gasteiger partial charge in [-0.25, -0.2) is 4.98 Å². The fourth-order valence-electron chi connectivity index (χ4n) is 3.58. The first-order valence-corrected chi connectivity index (χ1v) is 8.43. The topological polar surface area (TPSA) is 106 Å². The number of furan rings is 1. The lowest BCUT2D eigenvalue weighted by Crippen LogP contribution is -2.41. The van der Waals surface area contributed by atoms with Gasteiger partial charge in [-0.3, -0.25) is 14.4 Å². The Morgan fingerprint density at radius 2 is 2.04 bits per heavy atom. The molecule has 8 nitrogen and oxygen atoms in total. The Labute approximate surface area is 153 Å². The molecule has 1 amide bonds. The van der Waals surface area contributed by atoms with Crippen LogP contribution in [-0.2, 0) is 18.4 Å². The summed E-state index contributed by atoms with van der Waals surface area (Å²) in [4.78, 5) is 43.0. The van der Waals surface area contributed by atoms with Crippen molar-refractivity contribution < 1.29 is 19.1 Å². The highest BCUT2D eigenvalue weighted by atomic mass is 16.4. The molecular formula is C19H17N3O5. The number of hydrogen-bond donors (Lipinski definition) is 1. The van der Waals surface area contributed by atoms with Crippen molar-refractivity contribution >= 4 is 23.0 Å². The summed E-state index contributed by atoms with van der Waals surface area (Å²) in [6.07, 6.45) is 1.33. The number of fused-ring (bicyclic) bond motifs is 2. The molecule has 3 aromatic rings. The van der Waals surface area contributed by atoms with E-state index in [1.165, 1.54) is 15.8 Å². The predicted molar refractivity (Wildman–Crippen MR) is 95.5 cm³/mol. The van der Waals surface area contributed by atoms with Gasteiger partial charge >= 0.3 is 5.97 Å². The minimum Gasteiger partial charge on any atom is -0.481 e. The standard InChI is InChI=1S/C19H17N3O5/c1-10-14(15-16(27-10)20-9-21(2)17(15)23)18(24)22-7-11-5-3-4-6-12(11)13(8-22)19(25)26/h3-6,9,13H,7-8H2,1-2H3,(H,25,26). The highest BCUT2D eigenvalue weighted by Crippen LogP contribution is 2.31. The first-order valence-electron chi connectivity index (χ1n) is 8.43. The number of hydrogen-bond acceptors (Lipinski definition) is 5. The molecule has 1 unspecified atom stereocenters. The fourth-order valence-corrected chi connectivity index (χ4v) is 3.58. The molecule has 138 valence electrons. The zero-order chi connectivity index (χ0) is 19.3. The molecule has 0 radical (unpaired) electrons. The number of carbonyl (C=O) groups is 2. The largest absolute Gasteiger partial charge is 0.481 e. The van der Waals surface area contributed by atoms with Gasteiger partial charge in [-0.2, -0.15) is 0 Å². The lowest BCUT2D eigenvalue weighted by Gasteiger charge is -2.32. The van der Waals surface area contributed by atoms with Crippen LogP contribution in [0.3, 0.4) is 0 Å². The van der Waals surface area contributed by atoms with Crippen LogP contribution in [0.5, 0.6) is 0 Å². The Hall–Kier alpha value is -3.42. The van der Waals surface area contributed by atoms with Crippen molar-refractivity contribution in [1.29, 1.82) is 0 Å². The number of aryl methyl sites for hydroxylation is 2. The van der Waals surface area contributed by atoms with Gasteiger partial charge in [0.1, 0.15) is 17.5 Å². The summed E-state index contributed by atoms with van der Waals surface area (Å²) < 4.78 is 6.78. The van der Waals surface area contributed by atoms with Gasteiger partial charge in [0.15, 0.2) is 0 Å². The zero-order valence-corrected chi connectivity index (χ0v) is 14.8. The molecule has 4 rings (SSSR count). The van der Waals surface area contributed by atoms with Crippen LogP contribution in [0.4, 0.5) is 0 Å². The summed E-state index contributed by atoms with van der Waals surface area (Å²) in [5, 5.41) is 9.72. The third-order valence-electron chi connectivity index (χ3n) is 4.94. The van der Waals surface area contributed by atoms with E-state index in [0.717, 1.165) is 5.56 Å². The van der Waals surface area contributed by atoms with Crippen molar-refractivity contribution in [3.05, 3.63) is 63.4 Å². The number of rotatable bonds is 2. The average Bonchev–Trinajstić information content (AvgIpc) is 2.99. The number of nitrogens with zero attached hydrogens (tertiary/aromatic N) is 3. The number of carboxylic acids is 1. The lowest BCUT2D eigenvalue weighted by molar-refractivity contribution is -0.139. The maximum atomic E-state index is 13.2. The fraction of sp³-hybridized carbons (Fsp3) is 0.263. The zero-order valence-electron chi connectivity index (χ0n) is 14.8. The van der Waals surface area contributed by atoms with Crippen LogP contribution in [0, 0.1) is 6.92 Å². The second-order valence-corrected chi connectivity index (χ2v) is 6.65. The van der Waals surface area contributed by atoms with E-state index in [9.17, 15) is 19.5 Å². The molecule has 1 aromatic carbocycles. The van der Waals surface area contributed by atoms with Crippen molar-refractivity contribution in [2.75, 3.05) is 6.54 Å². The Kier molecular flexibility index (Phi) is 3.83. The normalized spacial score (nSPS) is 16.4. The average molecular weight is 367 g/mol. The summed E-state index contributed by atoms with van der Waals surface area (Å²) in [7, 11) is 1.54. The molecule has 1 atom stereocenters. The lowest BCUT2D eigenvalue weighted by atomic mass is 9.89. The molecule has 1 aliphatic heterocycles. The predicted octanol–water partition coefficient (Wildman–Crippen LogP) is 1.66. The molecule has 1 aliphatic rings. The van der Waals surface area contributed by atoms with E-state index in [2.05, 4.69) is 4.98 Å². The van der Waals surface area contributed by atoms with Gasteiger partial charge in [0.25, 0.3) is 11.5 Å². The van der Waals surface area contributed by atoms with Gasteiger partial charge in [0.05, 0.1) is 11.5 Å². The summed E-state index contributed by atoms with van der Waals surface area (Å²) in [6.45, 7) is 1.89. The van der Waals surface area contributed by atoms with Crippen molar-refractivity contribution in [3.63, 3.8) is 0 Å². The van der Waals surface area contributed by atoms with Crippen LogP contribution < -0.4 is 5.56 Å². The van der Waals surface area contributed by atoms with Crippen LogP contribution >= 0.6 is 0 Å². The maximum absolute atomic E-state index is 13.2. The first-order chi connectivity index (χ1) is 12.9. The van der Waals surface area contributed by atoms with E-state index >= 15 is 0 Å². The van der Waals surface area contributed by atoms with E-state index < -0.39 is 17.8 Å². The minimum absolute atomic E-state index is 0.0257. The summed E-state index contributed by atoms with van der Waals surface area (Å²) >= 11 is 0. The summed E-state index contributed by atoms with van der Waals surface area (Å²) in [5.74, 6) is -1.96. The second-order valence-electron chi connectivity index (χ2n) is 6.65. The van der Waals surface area contributed by atoms with Crippen molar-refractivity contribution in [2.24, 2.45) is 7.05 Å². The monoisotopic (exact) mass is 367 g/mol. The minimum atomic E-state index is -0.994. The molecule has 8 heteroatoms. The van der Waals surface area contributed by atoms with E-state index in [1.54, 1.807) is 26.1 Å². The molecule has 2 aromatic heterocycles. The van der Waals surface area contributed by atoms with E-state index in [4.69, 9.17) is 4.42 Å². The van der Waals surface area contributed by atoms with Crippen LogP contribution in [-0.4, -0.2) is 38.0 Å². The SMILES string of the molecule is Cc1oc2ncn(C)c(=O)c2c1C(=O)N1Cc2ccccc2C(C(=O)O)C1. The van der Waals surface area contributed by atoms with Gasteiger partial charge < -0.3 is 19.0 Å². The van der Waals surface area contributed by atoms with Gasteiger partial charge in [-0.1, -0.05) is 24.3 Å². The summed E-state index contributed by atoms with van der Waals surface area (Å²) in [5.41, 5.74) is 1.35. The van der Waals surface area contributed by atoms with Gasteiger partial charge in [0, 0.05) is 20.1 Å². The number of aliphatic carboxylic acids is 1. The molecule has 0 fully saturated rings. The van der Waals surface area contributed by atoms with Crippen LogP contribution in [0.25, 0.3) is 11.1 Å². The third-order valence-corrected chi connectivity index (χ3v) is 4.94. The third kappa shape index (κ3) is 2.61. The highest BCUT2D eigenvalue weighted by Gasteiger charge is 2.35. The smallest absolute Gasteiger partial charge is 0.312 e. The number of amides is 1. The van der Waals surface area contributed by atoms with Gasteiger partial charge in [-0.05, 0) is 18.1 Å². The molecule has 0 bridgehead atoms. The first kappa shape index (κ1) is 17.0. The number of benzene rings is 1. The quantitative estimate of drug-likeness (QED) is 0.738. The number of aromatic nitrogens is 2. The Balaban J connectivity index is 1.82. The number of carbonyl (C=O) groups excluding carboxylic acids is 1. The second kappa shape index (κ2) is 6.08. The van der Waals surface area contributed by atoms with Crippen molar-refractivity contribution in [1.82, 2.24) is 14.5 Å². The summed E-state index contributed by atoms with van der Waals surface area (Å²) in [6, 6.07) is 7.18. The Bertz CT molecular complexity index is 1140. The maximum Gasteiger partial charge on any atom is 0.312 e. The molecule has 0 aliphatic carbocycles. The molecule has 3 heterocycles. The molecular weight excluding hydrogens is 350 g/mol. The highest BCUT2D eigenvalue weighted by molar-refractivity contribution is 6.06. The van der Waals surface area contributed by atoms with Gasteiger partial charge in [0.2, 0.25) is 5.71 Å². The Morgan fingerprint density at radius 3 is 2.78 bits per heavy atom. The van der Waals surface area contributed by atoms with Crippen LogP contribution in [0.2, 0.25) is 0 Å². The Morgan fingerprint density at radius 1 is 1.30 bits per heavy atom. The van der Waals surface area contributed by atoms with Crippen LogP contribution in [0.15, 0.2) is 39.8 Å². The molecule has 0 saturated carbocycles. The molecule has 0 spiro atoms. The van der Waals surface area contributed by atoms with Crippen LogP contribution in [0.1, 0.15) is 33.2 Å². The molecule has 0 saturated heterocycles. The molecule has 1 N–H and O–H groups in total. The van der Waals surface area contributed by atoms with E-state index in [0.29, 0.717) is 5.56 Å².